The minimum Gasteiger partial charge on any atom is -0.465 e. The predicted molar refractivity (Wildman–Crippen MR) is 114 cm³/mol. The molecule has 2 aromatic rings. The number of hydrogen-bond acceptors (Lipinski definition) is 7. The number of halogens is 1. The summed E-state index contributed by atoms with van der Waals surface area (Å²) < 4.78 is 16.6. The standard InChI is InChI=1S/C21H24ClN3O4/c1-12-6-7-16(25-18-5-3-4-8-28-18)15(11-23)20(12)29-17-10-13(22)9-14(19(17)24)21(26)27-2/h6-7,9-11,18,23,25H,3-5,8,24H2,1-2H3. The molecule has 0 aliphatic carbocycles. The summed E-state index contributed by atoms with van der Waals surface area (Å²) in [6.07, 6.45) is 4.14. The van der Waals surface area contributed by atoms with Crippen molar-refractivity contribution in [3.63, 3.8) is 0 Å². The van der Waals surface area contributed by atoms with Gasteiger partial charge in [0, 0.05) is 29.6 Å². The van der Waals surface area contributed by atoms with Crippen LogP contribution in [0.15, 0.2) is 24.3 Å². The van der Waals surface area contributed by atoms with Crippen molar-refractivity contribution in [1.29, 1.82) is 5.41 Å². The fourth-order valence-electron chi connectivity index (χ4n) is 3.21. The number of carbonyl (C=O) groups is 1. The summed E-state index contributed by atoms with van der Waals surface area (Å²) in [6, 6.07) is 6.73. The summed E-state index contributed by atoms with van der Waals surface area (Å²) in [7, 11) is 1.27. The second-order valence-electron chi connectivity index (χ2n) is 6.78. The molecule has 29 heavy (non-hydrogen) atoms. The minimum absolute atomic E-state index is 0.111. The molecule has 2 aromatic carbocycles. The fraction of sp³-hybridized carbons (Fsp3) is 0.333. The molecule has 1 aliphatic rings. The van der Waals surface area contributed by atoms with Crippen LogP contribution in [0, 0.1) is 12.3 Å². The molecule has 1 heterocycles. The second kappa shape index (κ2) is 9.15. The van der Waals surface area contributed by atoms with E-state index in [2.05, 4.69) is 5.32 Å². The van der Waals surface area contributed by atoms with E-state index in [1.807, 2.05) is 19.1 Å². The Morgan fingerprint density at radius 1 is 1.38 bits per heavy atom. The predicted octanol–water partition coefficient (Wildman–Crippen LogP) is 4.75. The van der Waals surface area contributed by atoms with Gasteiger partial charge >= 0.3 is 5.97 Å². The Hall–Kier alpha value is -2.77. The number of aryl methyl sites for hydroxylation is 1. The van der Waals surface area contributed by atoms with E-state index in [4.69, 9.17) is 37.0 Å². The van der Waals surface area contributed by atoms with Crippen LogP contribution in [0.25, 0.3) is 0 Å². The van der Waals surface area contributed by atoms with Crippen molar-refractivity contribution in [3.8, 4) is 11.5 Å². The Morgan fingerprint density at radius 3 is 2.83 bits per heavy atom. The van der Waals surface area contributed by atoms with E-state index < -0.39 is 5.97 Å². The number of rotatable bonds is 6. The molecule has 1 atom stereocenters. The van der Waals surface area contributed by atoms with Crippen LogP contribution in [0.5, 0.6) is 11.5 Å². The van der Waals surface area contributed by atoms with Gasteiger partial charge in [-0.2, -0.15) is 0 Å². The van der Waals surface area contributed by atoms with E-state index in [-0.39, 0.29) is 28.3 Å². The Kier molecular flexibility index (Phi) is 6.61. The van der Waals surface area contributed by atoms with Gasteiger partial charge in [-0.25, -0.2) is 4.79 Å². The molecule has 154 valence electrons. The van der Waals surface area contributed by atoms with Gasteiger partial charge in [-0.15, -0.1) is 0 Å². The molecule has 0 spiro atoms. The quantitative estimate of drug-likeness (QED) is 0.356. The first kappa shape index (κ1) is 21.0. The average Bonchev–Trinajstić information content (AvgIpc) is 2.73. The van der Waals surface area contributed by atoms with Crippen molar-refractivity contribution < 1.29 is 19.0 Å². The van der Waals surface area contributed by atoms with Crippen LogP contribution in [0.3, 0.4) is 0 Å². The lowest BCUT2D eigenvalue weighted by molar-refractivity contribution is 0.0343. The number of carbonyl (C=O) groups excluding carboxylic acids is 1. The SMILES string of the molecule is COC(=O)c1cc(Cl)cc(Oc2c(C)ccc(NC3CCCCO3)c2C=N)c1N. The van der Waals surface area contributed by atoms with Gasteiger partial charge in [0.05, 0.1) is 23.9 Å². The molecule has 3 rings (SSSR count). The highest BCUT2D eigenvalue weighted by molar-refractivity contribution is 6.31. The Morgan fingerprint density at radius 2 is 2.17 bits per heavy atom. The first-order valence-electron chi connectivity index (χ1n) is 9.32. The minimum atomic E-state index is -0.608. The van der Waals surface area contributed by atoms with E-state index in [0.29, 0.717) is 17.9 Å². The number of hydrogen-bond donors (Lipinski definition) is 3. The third-order valence-electron chi connectivity index (χ3n) is 4.76. The highest BCUT2D eigenvalue weighted by atomic mass is 35.5. The van der Waals surface area contributed by atoms with Gasteiger partial charge in [-0.1, -0.05) is 17.7 Å². The number of anilines is 2. The van der Waals surface area contributed by atoms with Gasteiger partial charge in [0.2, 0.25) is 0 Å². The fourth-order valence-corrected chi connectivity index (χ4v) is 3.42. The zero-order chi connectivity index (χ0) is 21.0. The van der Waals surface area contributed by atoms with E-state index in [0.717, 1.165) is 30.5 Å². The molecule has 0 saturated carbocycles. The monoisotopic (exact) mass is 417 g/mol. The van der Waals surface area contributed by atoms with Crippen LogP contribution >= 0.6 is 11.6 Å². The van der Waals surface area contributed by atoms with Crippen LogP contribution in [-0.4, -0.2) is 32.1 Å². The molecule has 1 fully saturated rings. The third kappa shape index (κ3) is 4.63. The van der Waals surface area contributed by atoms with E-state index in [1.165, 1.54) is 25.5 Å². The Bertz CT molecular complexity index is 927. The number of esters is 1. The van der Waals surface area contributed by atoms with E-state index >= 15 is 0 Å². The van der Waals surface area contributed by atoms with E-state index in [1.54, 1.807) is 0 Å². The molecule has 4 N–H and O–H groups in total. The number of nitrogens with one attached hydrogen (secondary N) is 2. The van der Waals surface area contributed by atoms with Crippen LogP contribution in [0.2, 0.25) is 5.02 Å². The summed E-state index contributed by atoms with van der Waals surface area (Å²) in [5.41, 5.74) is 8.44. The highest BCUT2D eigenvalue weighted by Gasteiger charge is 2.21. The summed E-state index contributed by atoms with van der Waals surface area (Å²) in [5, 5.41) is 11.5. The zero-order valence-electron chi connectivity index (χ0n) is 16.4. The topological polar surface area (TPSA) is 107 Å². The van der Waals surface area contributed by atoms with Crippen LogP contribution in [0.1, 0.15) is 40.7 Å². The lowest BCUT2D eigenvalue weighted by Crippen LogP contribution is -2.27. The summed E-state index contributed by atoms with van der Waals surface area (Å²) in [6.45, 7) is 2.58. The first-order chi connectivity index (χ1) is 13.9. The molecule has 0 bridgehead atoms. The van der Waals surface area contributed by atoms with Crippen molar-refractivity contribution >= 4 is 35.2 Å². The van der Waals surface area contributed by atoms with E-state index in [9.17, 15) is 4.79 Å². The summed E-state index contributed by atoms with van der Waals surface area (Å²) in [5.74, 6) is 0.0597. The molecule has 7 nitrogen and oxygen atoms in total. The van der Waals surface area contributed by atoms with Gasteiger partial charge in [-0.05, 0) is 43.9 Å². The van der Waals surface area contributed by atoms with Gasteiger partial charge in [-0.3, -0.25) is 0 Å². The molecule has 0 aromatic heterocycles. The second-order valence-corrected chi connectivity index (χ2v) is 7.21. The largest absolute Gasteiger partial charge is 0.465 e. The molecule has 1 aliphatic heterocycles. The average molecular weight is 418 g/mol. The lowest BCUT2D eigenvalue weighted by Gasteiger charge is -2.26. The number of nitrogen functional groups attached to an aromatic ring is 1. The van der Waals surface area contributed by atoms with Crippen molar-refractivity contribution in [3.05, 3.63) is 46.0 Å². The van der Waals surface area contributed by atoms with Gasteiger partial charge < -0.3 is 30.7 Å². The van der Waals surface area contributed by atoms with Crippen molar-refractivity contribution in [1.82, 2.24) is 0 Å². The third-order valence-corrected chi connectivity index (χ3v) is 4.98. The maximum absolute atomic E-state index is 12.0. The number of benzene rings is 2. The zero-order valence-corrected chi connectivity index (χ0v) is 17.1. The molecule has 1 saturated heterocycles. The number of methoxy groups -OCH3 is 1. The van der Waals surface area contributed by atoms with Crippen LogP contribution in [0.4, 0.5) is 11.4 Å². The molecular formula is C21H24ClN3O4. The number of ether oxygens (including phenoxy) is 3. The Labute approximate surface area is 174 Å². The molecule has 8 heteroatoms. The number of nitrogens with two attached hydrogens (primary N) is 1. The molecule has 0 amide bonds. The van der Waals surface area contributed by atoms with Crippen LogP contribution < -0.4 is 15.8 Å². The van der Waals surface area contributed by atoms with Gasteiger partial charge in [0.15, 0.2) is 5.75 Å². The first-order valence-corrected chi connectivity index (χ1v) is 9.69. The smallest absolute Gasteiger partial charge is 0.340 e. The lowest BCUT2D eigenvalue weighted by atomic mass is 10.1. The molecular weight excluding hydrogens is 394 g/mol. The van der Waals surface area contributed by atoms with Crippen molar-refractivity contribution in [2.24, 2.45) is 0 Å². The maximum Gasteiger partial charge on any atom is 0.340 e. The summed E-state index contributed by atoms with van der Waals surface area (Å²) in [4.78, 5) is 12.0. The molecule has 1 unspecified atom stereocenters. The highest BCUT2D eigenvalue weighted by Crippen LogP contribution is 2.38. The maximum atomic E-state index is 12.0. The van der Waals surface area contributed by atoms with Gasteiger partial charge in [0.1, 0.15) is 12.0 Å². The van der Waals surface area contributed by atoms with Crippen LogP contribution in [-0.2, 0) is 9.47 Å². The van der Waals surface area contributed by atoms with Crippen molar-refractivity contribution in [2.45, 2.75) is 32.4 Å². The Balaban J connectivity index is 1.99. The molecule has 0 radical (unpaired) electrons. The van der Waals surface area contributed by atoms with Gasteiger partial charge in [0.25, 0.3) is 0 Å². The normalized spacial score (nSPS) is 16.2. The summed E-state index contributed by atoms with van der Waals surface area (Å²) >= 11 is 6.15. The van der Waals surface area contributed by atoms with Crippen molar-refractivity contribution in [2.75, 3.05) is 24.8 Å².